The van der Waals surface area contributed by atoms with Gasteiger partial charge in [-0.25, -0.2) is 0 Å². The van der Waals surface area contributed by atoms with E-state index in [2.05, 4.69) is 61.6 Å². The molecular formula is C29H37NO4. The Labute approximate surface area is 203 Å². The number of rotatable bonds is 12. The Hall–Kier alpha value is -2.60. The first-order chi connectivity index (χ1) is 16.4. The Morgan fingerprint density at radius 2 is 1.68 bits per heavy atom. The number of hydrogen-bond acceptors (Lipinski definition) is 5. The zero-order valence-electron chi connectivity index (χ0n) is 20.7. The molecule has 2 N–H and O–H groups in total. The number of hydrogen-bond donors (Lipinski definition) is 2. The number of aliphatic hydroxyl groups is 1. The molecule has 1 aliphatic rings. The summed E-state index contributed by atoms with van der Waals surface area (Å²) in [4.78, 5) is 0. The van der Waals surface area contributed by atoms with Crippen LogP contribution in [-0.4, -0.2) is 44.1 Å². The van der Waals surface area contributed by atoms with Crippen molar-refractivity contribution < 1.29 is 19.3 Å². The molecule has 0 heterocycles. The number of nitrogens with one attached hydrogen (secondary N) is 1. The van der Waals surface area contributed by atoms with Crippen LogP contribution in [0.25, 0.3) is 10.8 Å². The summed E-state index contributed by atoms with van der Waals surface area (Å²) in [6.45, 7) is 5.11. The minimum absolute atomic E-state index is 0.0416. The first-order valence-electron chi connectivity index (χ1n) is 12.1. The van der Waals surface area contributed by atoms with Gasteiger partial charge in [-0.3, -0.25) is 0 Å². The van der Waals surface area contributed by atoms with Gasteiger partial charge in [-0.15, -0.1) is 0 Å². The molecule has 0 amide bonds. The summed E-state index contributed by atoms with van der Waals surface area (Å²) in [5, 5.41) is 16.7. The fourth-order valence-electron chi connectivity index (χ4n) is 4.52. The third kappa shape index (κ3) is 6.29. The van der Waals surface area contributed by atoms with E-state index in [-0.39, 0.29) is 18.2 Å². The molecule has 1 saturated carbocycles. The van der Waals surface area contributed by atoms with E-state index in [0.29, 0.717) is 24.0 Å². The van der Waals surface area contributed by atoms with Gasteiger partial charge < -0.3 is 24.6 Å². The monoisotopic (exact) mass is 463 g/mol. The molecular weight excluding hydrogens is 426 g/mol. The highest BCUT2D eigenvalue weighted by Gasteiger charge is 2.34. The van der Waals surface area contributed by atoms with Gasteiger partial charge in [0.05, 0.1) is 33.0 Å². The van der Waals surface area contributed by atoms with Crippen molar-refractivity contribution in [2.75, 3.05) is 27.4 Å². The fourth-order valence-corrected chi connectivity index (χ4v) is 4.52. The third-order valence-electron chi connectivity index (χ3n) is 6.53. The zero-order valence-corrected chi connectivity index (χ0v) is 20.7. The van der Waals surface area contributed by atoms with Gasteiger partial charge in [-0.2, -0.15) is 0 Å². The number of aliphatic hydroxyl groups excluding tert-OH is 1. The van der Waals surface area contributed by atoms with Crippen LogP contribution < -0.4 is 14.8 Å². The van der Waals surface area contributed by atoms with E-state index in [9.17, 15) is 5.11 Å². The topological polar surface area (TPSA) is 60.0 Å². The van der Waals surface area contributed by atoms with Gasteiger partial charge in [-0.05, 0) is 73.1 Å². The molecule has 0 radical (unpaired) electrons. The predicted molar refractivity (Wildman–Crippen MR) is 137 cm³/mol. The maximum Gasteiger partial charge on any atom is 0.161 e. The van der Waals surface area contributed by atoms with Crippen LogP contribution in [-0.2, 0) is 11.2 Å². The Balaban J connectivity index is 1.31. The average Bonchev–Trinajstić information content (AvgIpc) is 3.68. The van der Waals surface area contributed by atoms with E-state index >= 15 is 0 Å². The minimum Gasteiger partial charge on any atom is -0.493 e. The summed E-state index contributed by atoms with van der Waals surface area (Å²) >= 11 is 0. The highest BCUT2D eigenvalue weighted by molar-refractivity contribution is 5.83. The van der Waals surface area contributed by atoms with Crippen LogP contribution in [0.15, 0.2) is 60.7 Å². The third-order valence-corrected chi connectivity index (χ3v) is 6.53. The maximum atomic E-state index is 10.7. The number of ether oxygens (including phenoxy) is 3. The number of methoxy groups -OCH3 is 2. The summed E-state index contributed by atoms with van der Waals surface area (Å²) in [5.74, 6) is 1.90. The van der Waals surface area contributed by atoms with Crippen LogP contribution >= 0.6 is 0 Å². The molecule has 0 saturated heterocycles. The Kier molecular flexibility index (Phi) is 7.77. The largest absolute Gasteiger partial charge is 0.493 e. The van der Waals surface area contributed by atoms with Gasteiger partial charge in [0.25, 0.3) is 0 Å². The van der Waals surface area contributed by atoms with Crippen molar-refractivity contribution in [3.8, 4) is 11.5 Å². The molecule has 1 aliphatic carbocycles. The molecule has 3 aromatic carbocycles. The second-order valence-corrected chi connectivity index (χ2v) is 9.98. The summed E-state index contributed by atoms with van der Waals surface area (Å²) < 4.78 is 17.1. The molecule has 0 aliphatic heterocycles. The lowest BCUT2D eigenvalue weighted by Gasteiger charge is -2.29. The molecule has 1 fully saturated rings. The standard InChI is InChI=1S/C29H37NO4/c1-29(2,17-20-9-10-21-7-5-6-8-23(21)15-20)30-18-25(31)19-34-28(22-11-12-22)24-13-14-26(32-3)27(16-24)33-4/h5-10,13-16,22,25,28,30-31H,11-12,17-19H2,1-4H3. The van der Waals surface area contributed by atoms with Crippen molar-refractivity contribution in [1.29, 1.82) is 0 Å². The van der Waals surface area contributed by atoms with E-state index in [4.69, 9.17) is 14.2 Å². The molecule has 2 atom stereocenters. The van der Waals surface area contributed by atoms with E-state index in [1.165, 1.54) is 16.3 Å². The highest BCUT2D eigenvalue weighted by atomic mass is 16.5. The normalized spacial score (nSPS) is 15.8. The van der Waals surface area contributed by atoms with Gasteiger partial charge >= 0.3 is 0 Å². The number of fused-ring (bicyclic) bond motifs is 1. The molecule has 5 heteroatoms. The van der Waals surface area contributed by atoms with Gasteiger partial charge in [0.15, 0.2) is 11.5 Å². The fraction of sp³-hybridized carbons (Fsp3) is 0.448. The Morgan fingerprint density at radius 1 is 0.941 bits per heavy atom. The Morgan fingerprint density at radius 3 is 2.38 bits per heavy atom. The molecule has 0 aromatic heterocycles. The summed E-state index contributed by atoms with van der Waals surface area (Å²) in [6.07, 6.45) is 2.54. The van der Waals surface area contributed by atoms with Crippen LogP contribution in [0.3, 0.4) is 0 Å². The molecule has 3 aromatic rings. The van der Waals surface area contributed by atoms with E-state index in [1.807, 2.05) is 18.2 Å². The van der Waals surface area contributed by atoms with Crippen LogP contribution in [0.1, 0.15) is 43.9 Å². The predicted octanol–water partition coefficient (Wildman–Crippen LogP) is 5.30. The molecule has 2 unspecified atom stereocenters. The quantitative estimate of drug-likeness (QED) is 0.382. The molecule has 34 heavy (non-hydrogen) atoms. The molecule has 0 spiro atoms. The molecule has 182 valence electrons. The van der Waals surface area contributed by atoms with Crippen LogP contribution in [0.5, 0.6) is 11.5 Å². The van der Waals surface area contributed by atoms with E-state index < -0.39 is 6.10 Å². The molecule has 4 rings (SSSR count). The average molecular weight is 464 g/mol. The lowest BCUT2D eigenvalue weighted by Crippen LogP contribution is -2.46. The molecule has 0 bridgehead atoms. The zero-order chi connectivity index (χ0) is 24.1. The van der Waals surface area contributed by atoms with Crippen molar-refractivity contribution in [3.63, 3.8) is 0 Å². The van der Waals surface area contributed by atoms with E-state index in [0.717, 1.165) is 24.8 Å². The van der Waals surface area contributed by atoms with Gasteiger partial charge in [0.1, 0.15) is 0 Å². The maximum absolute atomic E-state index is 10.7. The lowest BCUT2D eigenvalue weighted by molar-refractivity contribution is -0.0212. The number of β-amino-alcohol motifs (C(OH)–C–C–N with tert-alkyl or cyclic N) is 1. The van der Waals surface area contributed by atoms with Gasteiger partial charge in [-0.1, -0.05) is 48.5 Å². The summed E-state index contributed by atoms with van der Waals surface area (Å²) in [6, 6.07) is 21.0. The lowest BCUT2D eigenvalue weighted by atomic mass is 9.93. The first kappa shape index (κ1) is 24.5. The summed E-state index contributed by atoms with van der Waals surface area (Å²) in [7, 11) is 3.28. The van der Waals surface area contributed by atoms with Crippen molar-refractivity contribution >= 4 is 10.8 Å². The van der Waals surface area contributed by atoms with Crippen molar-refractivity contribution in [2.45, 2.75) is 50.9 Å². The van der Waals surface area contributed by atoms with Crippen molar-refractivity contribution in [1.82, 2.24) is 5.32 Å². The smallest absolute Gasteiger partial charge is 0.161 e. The number of benzene rings is 3. The second kappa shape index (κ2) is 10.8. The van der Waals surface area contributed by atoms with Crippen molar-refractivity contribution in [2.24, 2.45) is 5.92 Å². The van der Waals surface area contributed by atoms with Crippen LogP contribution in [0, 0.1) is 5.92 Å². The van der Waals surface area contributed by atoms with Crippen LogP contribution in [0.2, 0.25) is 0 Å². The SMILES string of the molecule is COc1ccc(C(OCC(O)CNC(C)(C)Cc2ccc3ccccc3c2)C2CC2)cc1OC. The summed E-state index contributed by atoms with van der Waals surface area (Å²) in [5.41, 5.74) is 2.20. The molecule has 5 nitrogen and oxygen atoms in total. The minimum atomic E-state index is -0.586. The highest BCUT2D eigenvalue weighted by Crippen LogP contribution is 2.45. The van der Waals surface area contributed by atoms with Gasteiger partial charge in [0.2, 0.25) is 0 Å². The van der Waals surface area contributed by atoms with E-state index in [1.54, 1.807) is 14.2 Å². The van der Waals surface area contributed by atoms with Crippen molar-refractivity contribution in [3.05, 3.63) is 71.8 Å². The van der Waals surface area contributed by atoms with Gasteiger partial charge in [0, 0.05) is 12.1 Å². The Bertz CT molecular complexity index is 1090. The second-order valence-electron chi connectivity index (χ2n) is 9.98. The first-order valence-corrected chi connectivity index (χ1v) is 12.1. The van der Waals surface area contributed by atoms with Crippen LogP contribution in [0.4, 0.5) is 0 Å².